The third kappa shape index (κ3) is 4.37. The summed E-state index contributed by atoms with van der Waals surface area (Å²) in [5, 5.41) is 0. The topological polar surface area (TPSA) is 95.4 Å². The number of methoxy groups -OCH3 is 2. The minimum absolute atomic E-state index is 0.0525. The van der Waals surface area contributed by atoms with Crippen molar-refractivity contribution >= 4 is 5.95 Å². The Morgan fingerprint density at radius 1 is 0.967 bits per heavy atom. The lowest BCUT2D eigenvalue weighted by Gasteiger charge is -2.32. The zero-order valence-corrected chi connectivity index (χ0v) is 16.7. The van der Waals surface area contributed by atoms with Gasteiger partial charge in [0.25, 0.3) is 0 Å². The van der Waals surface area contributed by atoms with Gasteiger partial charge in [-0.1, -0.05) is 0 Å². The lowest BCUT2D eigenvalue weighted by atomic mass is 9.95. The van der Waals surface area contributed by atoms with Crippen LogP contribution in [0.1, 0.15) is 24.5 Å². The minimum Gasteiger partial charge on any atom is -0.467 e. The van der Waals surface area contributed by atoms with Gasteiger partial charge >= 0.3 is 12.0 Å². The number of aromatic nitrogens is 5. The number of hydrogen-bond acceptors (Lipinski definition) is 9. The third-order valence-electron chi connectivity index (χ3n) is 4.76. The van der Waals surface area contributed by atoms with Gasteiger partial charge in [-0.2, -0.15) is 9.97 Å². The molecule has 1 aliphatic heterocycles. The normalized spacial score (nSPS) is 16.2. The van der Waals surface area contributed by atoms with E-state index in [9.17, 15) is 4.39 Å². The van der Waals surface area contributed by atoms with Crippen molar-refractivity contribution in [3.63, 3.8) is 0 Å². The van der Waals surface area contributed by atoms with Crippen LogP contribution < -0.4 is 19.1 Å². The van der Waals surface area contributed by atoms with Gasteiger partial charge < -0.3 is 19.1 Å². The fourth-order valence-electron chi connectivity index (χ4n) is 3.34. The highest BCUT2D eigenvalue weighted by Gasteiger charge is 2.28. The first-order chi connectivity index (χ1) is 14.7. The molecule has 0 N–H and O–H groups in total. The van der Waals surface area contributed by atoms with E-state index in [0.717, 1.165) is 25.1 Å². The largest absolute Gasteiger partial charge is 0.467 e. The predicted octanol–water partition coefficient (Wildman–Crippen LogP) is 2.99. The standard InChI is InChI=1S/C20H21FN6O3/c1-28-19-24-18(25-20(26-19)29-2)27-11-3-4-13(12-27)16-17(23-10-9-22-16)30-15-7-5-14(21)6-8-15/h5-10,13H,3-4,11-12H2,1-2H3. The quantitative estimate of drug-likeness (QED) is 0.605. The second kappa shape index (κ2) is 8.85. The van der Waals surface area contributed by atoms with Crippen LogP contribution in [0.4, 0.5) is 10.3 Å². The van der Waals surface area contributed by atoms with E-state index in [2.05, 4.69) is 24.9 Å². The molecule has 9 nitrogen and oxygen atoms in total. The number of nitrogens with zero attached hydrogens (tertiary/aromatic N) is 6. The van der Waals surface area contributed by atoms with Crippen molar-refractivity contribution in [1.29, 1.82) is 0 Å². The Morgan fingerprint density at radius 3 is 2.37 bits per heavy atom. The molecule has 30 heavy (non-hydrogen) atoms. The van der Waals surface area contributed by atoms with Crippen LogP contribution in [0.5, 0.6) is 23.7 Å². The fraction of sp³-hybridized carbons (Fsp3) is 0.350. The van der Waals surface area contributed by atoms with Gasteiger partial charge in [0.15, 0.2) is 0 Å². The Bertz CT molecular complexity index is 982. The first kappa shape index (κ1) is 19.7. The molecule has 0 saturated carbocycles. The van der Waals surface area contributed by atoms with E-state index < -0.39 is 0 Å². The van der Waals surface area contributed by atoms with E-state index >= 15 is 0 Å². The summed E-state index contributed by atoms with van der Waals surface area (Å²) < 4.78 is 29.4. The Hall–Kier alpha value is -3.56. The summed E-state index contributed by atoms with van der Waals surface area (Å²) in [4.78, 5) is 23.7. The summed E-state index contributed by atoms with van der Waals surface area (Å²) in [6.07, 6.45) is 5.04. The van der Waals surface area contributed by atoms with E-state index in [-0.39, 0.29) is 23.8 Å². The molecule has 1 aliphatic rings. The van der Waals surface area contributed by atoms with Crippen molar-refractivity contribution in [2.45, 2.75) is 18.8 Å². The zero-order valence-electron chi connectivity index (χ0n) is 16.7. The molecule has 0 aliphatic carbocycles. The molecule has 156 valence electrons. The monoisotopic (exact) mass is 412 g/mol. The molecule has 4 rings (SSSR count). The molecule has 10 heteroatoms. The van der Waals surface area contributed by atoms with Gasteiger partial charge in [0, 0.05) is 31.4 Å². The average Bonchev–Trinajstić information content (AvgIpc) is 2.80. The molecule has 0 amide bonds. The Morgan fingerprint density at radius 2 is 1.67 bits per heavy atom. The van der Waals surface area contributed by atoms with E-state index in [4.69, 9.17) is 14.2 Å². The molecule has 3 heterocycles. The van der Waals surface area contributed by atoms with Gasteiger partial charge in [0.05, 0.1) is 14.2 Å². The van der Waals surface area contributed by atoms with E-state index in [1.165, 1.54) is 26.4 Å². The molecule has 3 aromatic rings. The van der Waals surface area contributed by atoms with Gasteiger partial charge in [0.1, 0.15) is 17.3 Å². The molecule has 1 unspecified atom stereocenters. The maximum absolute atomic E-state index is 13.2. The number of ether oxygens (including phenoxy) is 3. The molecule has 0 radical (unpaired) electrons. The van der Waals surface area contributed by atoms with Crippen molar-refractivity contribution in [3.05, 3.63) is 48.2 Å². The summed E-state index contributed by atoms with van der Waals surface area (Å²) >= 11 is 0. The number of hydrogen-bond donors (Lipinski definition) is 0. The zero-order chi connectivity index (χ0) is 20.9. The molecule has 0 bridgehead atoms. The van der Waals surface area contributed by atoms with Crippen LogP contribution in [0.15, 0.2) is 36.7 Å². The highest BCUT2D eigenvalue weighted by atomic mass is 19.1. The number of benzene rings is 1. The van der Waals surface area contributed by atoms with Crippen LogP contribution in [0.2, 0.25) is 0 Å². The SMILES string of the molecule is COc1nc(OC)nc(N2CCCC(c3nccnc3Oc3ccc(F)cc3)C2)n1. The number of halogens is 1. The summed E-state index contributed by atoms with van der Waals surface area (Å²) in [6, 6.07) is 6.19. The maximum Gasteiger partial charge on any atom is 0.324 e. The smallest absolute Gasteiger partial charge is 0.324 e. The van der Waals surface area contributed by atoms with Crippen molar-refractivity contribution in [2.75, 3.05) is 32.2 Å². The Labute approximate surface area is 172 Å². The molecule has 1 aromatic carbocycles. The van der Waals surface area contributed by atoms with Crippen molar-refractivity contribution < 1.29 is 18.6 Å². The maximum atomic E-state index is 13.2. The van der Waals surface area contributed by atoms with Gasteiger partial charge in [-0.25, -0.2) is 9.37 Å². The highest BCUT2D eigenvalue weighted by Crippen LogP contribution is 2.34. The lowest BCUT2D eigenvalue weighted by molar-refractivity contribution is 0.338. The molecule has 0 spiro atoms. The summed E-state index contributed by atoms with van der Waals surface area (Å²) in [5.74, 6) is 1.11. The van der Waals surface area contributed by atoms with Gasteiger partial charge in [-0.3, -0.25) is 4.98 Å². The second-order valence-corrected chi connectivity index (χ2v) is 6.70. The van der Waals surface area contributed by atoms with Crippen LogP contribution in [-0.4, -0.2) is 52.2 Å². The van der Waals surface area contributed by atoms with E-state index in [1.54, 1.807) is 24.5 Å². The third-order valence-corrected chi connectivity index (χ3v) is 4.76. The summed E-state index contributed by atoms with van der Waals surface area (Å²) in [7, 11) is 2.99. The van der Waals surface area contributed by atoms with Crippen molar-refractivity contribution in [2.24, 2.45) is 0 Å². The van der Waals surface area contributed by atoms with Crippen LogP contribution in [-0.2, 0) is 0 Å². The van der Waals surface area contributed by atoms with E-state index in [0.29, 0.717) is 24.1 Å². The fourth-order valence-corrected chi connectivity index (χ4v) is 3.34. The first-order valence-corrected chi connectivity index (χ1v) is 9.49. The van der Waals surface area contributed by atoms with Crippen molar-refractivity contribution in [1.82, 2.24) is 24.9 Å². The number of piperidine rings is 1. The summed E-state index contributed by atoms with van der Waals surface area (Å²) in [5.41, 5.74) is 0.736. The molecular formula is C20H21FN6O3. The van der Waals surface area contributed by atoms with Crippen LogP contribution in [0.25, 0.3) is 0 Å². The molecule has 1 atom stereocenters. The van der Waals surface area contributed by atoms with Crippen LogP contribution in [0.3, 0.4) is 0 Å². The average molecular weight is 412 g/mol. The van der Waals surface area contributed by atoms with E-state index in [1.807, 2.05) is 4.90 Å². The lowest BCUT2D eigenvalue weighted by Crippen LogP contribution is -2.36. The molecule has 2 aromatic heterocycles. The van der Waals surface area contributed by atoms with Gasteiger partial charge in [-0.05, 0) is 37.1 Å². The van der Waals surface area contributed by atoms with Crippen molar-refractivity contribution in [3.8, 4) is 23.7 Å². The first-order valence-electron chi connectivity index (χ1n) is 9.49. The number of rotatable bonds is 6. The second-order valence-electron chi connectivity index (χ2n) is 6.70. The Kier molecular flexibility index (Phi) is 5.82. The number of anilines is 1. The Balaban J connectivity index is 1.57. The van der Waals surface area contributed by atoms with Gasteiger partial charge in [-0.15, -0.1) is 4.98 Å². The minimum atomic E-state index is -0.326. The molecular weight excluding hydrogens is 391 g/mol. The molecule has 1 saturated heterocycles. The summed E-state index contributed by atoms with van der Waals surface area (Å²) in [6.45, 7) is 1.40. The van der Waals surface area contributed by atoms with Crippen LogP contribution in [0, 0.1) is 5.82 Å². The van der Waals surface area contributed by atoms with Crippen LogP contribution >= 0.6 is 0 Å². The highest BCUT2D eigenvalue weighted by molar-refractivity contribution is 5.37. The van der Waals surface area contributed by atoms with Gasteiger partial charge in [0.2, 0.25) is 11.8 Å². The predicted molar refractivity (Wildman–Crippen MR) is 106 cm³/mol. The molecule has 1 fully saturated rings.